The van der Waals surface area contributed by atoms with Crippen LogP contribution in [0.2, 0.25) is 10.0 Å². The molecule has 0 bridgehead atoms. The predicted octanol–water partition coefficient (Wildman–Crippen LogP) is 4.13. The van der Waals surface area contributed by atoms with Crippen molar-refractivity contribution >= 4 is 34.8 Å². The van der Waals surface area contributed by atoms with Crippen LogP contribution in [0.3, 0.4) is 0 Å². The first kappa shape index (κ1) is 11.8. The van der Waals surface area contributed by atoms with Crippen molar-refractivity contribution in [2.45, 2.75) is 5.88 Å². The highest BCUT2D eigenvalue weighted by molar-refractivity contribution is 6.36. The number of aromatic nitrogens is 2. The Balaban J connectivity index is 2.53. The molecule has 0 atom stereocenters. The number of nitrogens with zero attached hydrogens (tertiary/aromatic N) is 2. The van der Waals surface area contributed by atoms with E-state index in [2.05, 4.69) is 5.10 Å². The van der Waals surface area contributed by atoms with Crippen LogP contribution in [0.15, 0.2) is 24.3 Å². The van der Waals surface area contributed by atoms with Gasteiger partial charge in [0.25, 0.3) is 0 Å². The van der Waals surface area contributed by atoms with Gasteiger partial charge in [-0.05, 0) is 24.3 Å². The van der Waals surface area contributed by atoms with Crippen molar-refractivity contribution in [3.8, 4) is 11.3 Å². The van der Waals surface area contributed by atoms with Crippen LogP contribution < -0.4 is 0 Å². The molecule has 0 spiro atoms. The zero-order valence-corrected chi connectivity index (χ0v) is 10.8. The number of alkyl halides is 1. The molecule has 1 heterocycles. The molecule has 0 aliphatic heterocycles. The van der Waals surface area contributed by atoms with Gasteiger partial charge in [-0.3, -0.25) is 4.68 Å². The molecule has 0 unspecified atom stereocenters. The van der Waals surface area contributed by atoms with Crippen molar-refractivity contribution in [1.29, 1.82) is 0 Å². The second-order valence-electron chi connectivity index (χ2n) is 3.40. The minimum Gasteiger partial charge on any atom is -0.268 e. The normalized spacial score (nSPS) is 10.8. The van der Waals surface area contributed by atoms with Gasteiger partial charge in [0.05, 0.1) is 22.3 Å². The van der Waals surface area contributed by atoms with Crippen molar-refractivity contribution in [2.24, 2.45) is 7.05 Å². The van der Waals surface area contributed by atoms with E-state index in [1.165, 1.54) is 0 Å². The Labute approximate surface area is 109 Å². The van der Waals surface area contributed by atoms with Crippen molar-refractivity contribution < 1.29 is 0 Å². The van der Waals surface area contributed by atoms with Gasteiger partial charge < -0.3 is 0 Å². The SMILES string of the molecule is Cn1nc(CCl)cc1-c1ccc(Cl)cc1Cl. The largest absolute Gasteiger partial charge is 0.268 e. The van der Waals surface area contributed by atoms with E-state index >= 15 is 0 Å². The van der Waals surface area contributed by atoms with Crippen LogP contribution >= 0.6 is 34.8 Å². The first-order valence-electron chi connectivity index (χ1n) is 4.66. The molecule has 0 aliphatic rings. The minimum atomic E-state index is 0.388. The standard InChI is InChI=1S/C11H9Cl3N2/c1-16-11(5-8(6-12)15-16)9-3-2-7(13)4-10(9)14/h2-5H,6H2,1H3. The van der Waals surface area contributed by atoms with Crippen LogP contribution in [-0.4, -0.2) is 9.78 Å². The van der Waals surface area contributed by atoms with E-state index < -0.39 is 0 Å². The van der Waals surface area contributed by atoms with Gasteiger partial charge in [-0.1, -0.05) is 23.2 Å². The summed E-state index contributed by atoms with van der Waals surface area (Å²) in [7, 11) is 1.86. The number of aryl methyl sites for hydroxylation is 1. The Morgan fingerprint density at radius 3 is 2.56 bits per heavy atom. The fraction of sp³-hybridized carbons (Fsp3) is 0.182. The summed E-state index contributed by atoms with van der Waals surface area (Å²) < 4.78 is 1.76. The molecular weight excluding hydrogens is 266 g/mol. The van der Waals surface area contributed by atoms with Gasteiger partial charge in [0.15, 0.2) is 0 Å². The second kappa shape index (κ2) is 4.66. The number of hydrogen-bond donors (Lipinski definition) is 0. The lowest BCUT2D eigenvalue weighted by Gasteiger charge is -2.04. The molecule has 2 nitrogen and oxygen atoms in total. The van der Waals surface area contributed by atoms with Crippen molar-refractivity contribution in [3.63, 3.8) is 0 Å². The smallest absolute Gasteiger partial charge is 0.0778 e. The zero-order chi connectivity index (χ0) is 11.7. The molecule has 1 aromatic heterocycles. The average molecular weight is 276 g/mol. The highest BCUT2D eigenvalue weighted by atomic mass is 35.5. The maximum atomic E-state index is 6.13. The van der Waals surface area contributed by atoms with E-state index in [9.17, 15) is 0 Å². The lowest BCUT2D eigenvalue weighted by atomic mass is 10.1. The number of benzene rings is 1. The zero-order valence-electron chi connectivity index (χ0n) is 8.54. The maximum Gasteiger partial charge on any atom is 0.0778 e. The van der Waals surface area contributed by atoms with Crippen LogP contribution in [-0.2, 0) is 12.9 Å². The summed E-state index contributed by atoms with van der Waals surface area (Å²) in [6.07, 6.45) is 0. The van der Waals surface area contributed by atoms with Crippen molar-refractivity contribution in [3.05, 3.63) is 40.0 Å². The summed E-state index contributed by atoms with van der Waals surface area (Å²) in [5.41, 5.74) is 2.65. The molecule has 0 radical (unpaired) electrons. The third-order valence-electron chi connectivity index (χ3n) is 2.27. The molecule has 0 aliphatic carbocycles. The monoisotopic (exact) mass is 274 g/mol. The molecule has 1 aromatic carbocycles. The Hall–Kier alpha value is -0.700. The third-order valence-corrected chi connectivity index (χ3v) is 3.10. The molecule has 0 amide bonds. The number of rotatable bonds is 2. The topological polar surface area (TPSA) is 17.8 Å². The van der Waals surface area contributed by atoms with Gasteiger partial charge in [0, 0.05) is 17.6 Å². The molecule has 84 valence electrons. The Morgan fingerprint density at radius 1 is 1.25 bits per heavy atom. The van der Waals surface area contributed by atoms with E-state index in [4.69, 9.17) is 34.8 Å². The van der Waals surface area contributed by atoms with E-state index in [1.807, 2.05) is 19.2 Å². The third kappa shape index (κ3) is 2.19. The van der Waals surface area contributed by atoms with Crippen LogP contribution in [0, 0.1) is 0 Å². The van der Waals surface area contributed by atoms with Gasteiger partial charge in [-0.25, -0.2) is 0 Å². The lowest BCUT2D eigenvalue weighted by Crippen LogP contribution is -1.94. The molecule has 0 saturated heterocycles. The van der Waals surface area contributed by atoms with Gasteiger partial charge in [-0.15, -0.1) is 11.6 Å². The van der Waals surface area contributed by atoms with E-state index in [0.717, 1.165) is 17.0 Å². The summed E-state index contributed by atoms with van der Waals surface area (Å²) in [5.74, 6) is 0.388. The molecule has 2 rings (SSSR count). The lowest BCUT2D eigenvalue weighted by molar-refractivity contribution is 0.762. The van der Waals surface area contributed by atoms with Crippen LogP contribution in [0.1, 0.15) is 5.69 Å². The predicted molar refractivity (Wildman–Crippen MR) is 68.2 cm³/mol. The van der Waals surface area contributed by atoms with Gasteiger partial charge in [0.1, 0.15) is 0 Å². The second-order valence-corrected chi connectivity index (χ2v) is 4.51. The minimum absolute atomic E-state index is 0.388. The fourth-order valence-electron chi connectivity index (χ4n) is 1.54. The van der Waals surface area contributed by atoms with Crippen LogP contribution in [0.25, 0.3) is 11.3 Å². The number of hydrogen-bond acceptors (Lipinski definition) is 1. The summed E-state index contributed by atoms with van der Waals surface area (Å²) >= 11 is 17.7. The van der Waals surface area contributed by atoms with E-state index in [0.29, 0.717) is 15.9 Å². The highest BCUT2D eigenvalue weighted by Crippen LogP contribution is 2.30. The highest BCUT2D eigenvalue weighted by Gasteiger charge is 2.10. The summed E-state index contributed by atoms with van der Waals surface area (Å²) in [6.45, 7) is 0. The molecule has 16 heavy (non-hydrogen) atoms. The molecule has 0 N–H and O–H groups in total. The Morgan fingerprint density at radius 2 is 2.00 bits per heavy atom. The maximum absolute atomic E-state index is 6.13. The fourth-order valence-corrected chi connectivity index (χ4v) is 2.18. The molecule has 2 aromatic rings. The van der Waals surface area contributed by atoms with Gasteiger partial charge in [-0.2, -0.15) is 5.10 Å². The van der Waals surface area contributed by atoms with Gasteiger partial charge in [0.2, 0.25) is 0 Å². The number of halogens is 3. The first-order chi connectivity index (χ1) is 7.61. The summed E-state index contributed by atoms with van der Waals surface area (Å²) in [5, 5.41) is 5.49. The van der Waals surface area contributed by atoms with Crippen molar-refractivity contribution in [1.82, 2.24) is 9.78 Å². The average Bonchev–Trinajstić information content (AvgIpc) is 2.60. The first-order valence-corrected chi connectivity index (χ1v) is 5.95. The summed E-state index contributed by atoms with van der Waals surface area (Å²) in [6, 6.07) is 7.31. The Bertz CT molecular complexity index is 520. The molecule has 0 saturated carbocycles. The van der Waals surface area contributed by atoms with Crippen molar-refractivity contribution in [2.75, 3.05) is 0 Å². The Kier molecular flexibility index (Phi) is 3.43. The quantitative estimate of drug-likeness (QED) is 0.754. The van der Waals surface area contributed by atoms with Crippen LogP contribution in [0.5, 0.6) is 0 Å². The van der Waals surface area contributed by atoms with E-state index in [1.54, 1.807) is 16.8 Å². The molecular formula is C11H9Cl3N2. The van der Waals surface area contributed by atoms with Gasteiger partial charge >= 0.3 is 0 Å². The molecule has 5 heteroatoms. The molecule has 0 fully saturated rings. The van der Waals surface area contributed by atoms with E-state index in [-0.39, 0.29) is 0 Å². The van der Waals surface area contributed by atoms with Crippen LogP contribution in [0.4, 0.5) is 0 Å². The summed E-state index contributed by atoms with van der Waals surface area (Å²) in [4.78, 5) is 0.